The lowest BCUT2D eigenvalue weighted by Gasteiger charge is -2.10. The van der Waals surface area contributed by atoms with Crippen molar-refractivity contribution >= 4 is 55.7 Å². The van der Waals surface area contributed by atoms with Crippen LogP contribution in [0.1, 0.15) is 0 Å². The van der Waals surface area contributed by atoms with Gasteiger partial charge in [0.15, 0.2) is 0 Å². The standard InChI is InChI=1S/C10H8ClIN4O2S/c11-10-14-5-6(12)9(16-10)15-7-3-1-2-4-8(7)19(13,17)18/h1-5H,(H2,13,17,18)(H,14,15,16). The number of primary sulfonamides is 1. The number of hydrogen-bond acceptors (Lipinski definition) is 5. The van der Waals surface area contributed by atoms with Crippen molar-refractivity contribution < 1.29 is 8.42 Å². The van der Waals surface area contributed by atoms with E-state index in [0.717, 1.165) is 0 Å². The van der Waals surface area contributed by atoms with Crippen LogP contribution in [0.5, 0.6) is 0 Å². The predicted octanol–water partition coefficient (Wildman–Crippen LogP) is 2.13. The largest absolute Gasteiger partial charge is 0.338 e. The number of benzene rings is 1. The lowest BCUT2D eigenvalue weighted by molar-refractivity contribution is 0.598. The van der Waals surface area contributed by atoms with Crippen LogP contribution in [0, 0.1) is 3.57 Å². The molecule has 0 amide bonds. The van der Waals surface area contributed by atoms with E-state index in [-0.39, 0.29) is 10.2 Å². The Kier molecular flexibility index (Phi) is 4.23. The van der Waals surface area contributed by atoms with Crippen molar-refractivity contribution in [3.63, 3.8) is 0 Å². The van der Waals surface area contributed by atoms with E-state index in [0.29, 0.717) is 15.1 Å². The molecule has 0 aliphatic carbocycles. The van der Waals surface area contributed by atoms with E-state index in [1.807, 2.05) is 22.6 Å². The Morgan fingerprint density at radius 1 is 1.32 bits per heavy atom. The molecule has 0 atom stereocenters. The van der Waals surface area contributed by atoms with Crippen LogP contribution in [-0.2, 0) is 10.0 Å². The second-order valence-electron chi connectivity index (χ2n) is 3.50. The number of anilines is 2. The SMILES string of the molecule is NS(=O)(=O)c1ccccc1Nc1nc(Cl)ncc1I. The first-order valence-electron chi connectivity index (χ1n) is 4.95. The maximum absolute atomic E-state index is 11.5. The van der Waals surface area contributed by atoms with E-state index in [1.165, 1.54) is 12.3 Å². The highest BCUT2D eigenvalue weighted by Gasteiger charge is 2.14. The lowest BCUT2D eigenvalue weighted by Crippen LogP contribution is -2.14. The van der Waals surface area contributed by atoms with E-state index in [9.17, 15) is 8.42 Å². The van der Waals surface area contributed by atoms with Crippen molar-refractivity contribution in [3.05, 3.63) is 39.3 Å². The molecule has 0 bridgehead atoms. The molecule has 9 heteroatoms. The predicted molar refractivity (Wildman–Crippen MR) is 80.9 cm³/mol. The minimum Gasteiger partial charge on any atom is -0.338 e. The molecule has 0 unspecified atom stereocenters. The molecule has 2 rings (SSSR count). The number of hydrogen-bond donors (Lipinski definition) is 2. The highest BCUT2D eigenvalue weighted by Crippen LogP contribution is 2.25. The van der Waals surface area contributed by atoms with E-state index in [4.69, 9.17) is 16.7 Å². The molecular formula is C10H8ClIN4O2S. The van der Waals surface area contributed by atoms with Gasteiger partial charge in [0.1, 0.15) is 10.7 Å². The summed E-state index contributed by atoms with van der Waals surface area (Å²) in [6.07, 6.45) is 1.53. The monoisotopic (exact) mass is 410 g/mol. The number of nitrogens with one attached hydrogen (secondary N) is 1. The number of rotatable bonds is 3. The minimum atomic E-state index is -3.82. The third-order valence-electron chi connectivity index (χ3n) is 2.16. The molecule has 3 N–H and O–H groups in total. The van der Waals surface area contributed by atoms with Gasteiger partial charge in [-0.1, -0.05) is 12.1 Å². The summed E-state index contributed by atoms with van der Waals surface area (Å²) < 4.78 is 23.6. The summed E-state index contributed by atoms with van der Waals surface area (Å²) in [5.74, 6) is 0.414. The van der Waals surface area contributed by atoms with Gasteiger partial charge in [0, 0.05) is 6.20 Å². The molecule has 1 heterocycles. The quantitative estimate of drug-likeness (QED) is 0.597. The van der Waals surface area contributed by atoms with Gasteiger partial charge in [-0.05, 0) is 46.3 Å². The Bertz CT molecular complexity index is 723. The molecule has 0 aliphatic heterocycles. The van der Waals surface area contributed by atoms with E-state index in [2.05, 4.69) is 15.3 Å². The lowest BCUT2D eigenvalue weighted by atomic mass is 10.3. The van der Waals surface area contributed by atoms with E-state index >= 15 is 0 Å². The number of para-hydroxylation sites is 1. The second-order valence-corrected chi connectivity index (χ2v) is 6.53. The first-order valence-corrected chi connectivity index (χ1v) is 7.95. The van der Waals surface area contributed by atoms with Crippen molar-refractivity contribution in [1.82, 2.24) is 9.97 Å². The maximum atomic E-state index is 11.5. The first kappa shape index (κ1) is 14.4. The molecule has 1 aromatic heterocycles. The number of sulfonamides is 1. The van der Waals surface area contributed by atoms with E-state index < -0.39 is 10.0 Å². The summed E-state index contributed by atoms with van der Waals surface area (Å²) in [6.45, 7) is 0. The molecule has 0 saturated carbocycles. The molecule has 0 radical (unpaired) electrons. The van der Waals surface area contributed by atoms with Gasteiger partial charge in [-0.25, -0.2) is 18.5 Å². The van der Waals surface area contributed by atoms with Crippen molar-refractivity contribution in [2.75, 3.05) is 5.32 Å². The van der Waals surface area contributed by atoms with Crippen LogP contribution in [0.25, 0.3) is 0 Å². The van der Waals surface area contributed by atoms with Gasteiger partial charge >= 0.3 is 0 Å². The third kappa shape index (κ3) is 3.53. The zero-order chi connectivity index (χ0) is 14.0. The Labute approximate surface area is 128 Å². The smallest absolute Gasteiger partial charge is 0.240 e. The summed E-state index contributed by atoms with van der Waals surface area (Å²) >= 11 is 7.71. The summed E-state index contributed by atoms with van der Waals surface area (Å²) in [4.78, 5) is 7.79. The van der Waals surface area contributed by atoms with Crippen LogP contribution in [-0.4, -0.2) is 18.4 Å². The maximum Gasteiger partial charge on any atom is 0.240 e. The zero-order valence-corrected chi connectivity index (χ0v) is 13.1. The normalized spacial score (nSPS) is 11.3. The fourth-order valence-corrected chi connectivity index (χ4v) is 2.60. The molecule has 1 aromatic carbocycles. The molecule has 19 heavy (non-hydrogen) atoms. The van der Waals surface area contributed by atoms with Gasteiger partial charge in [-0.2, -0.15) is 4.98 Å². The first-order chi connectivity index (χ1) is 8.88. The van der Waals surface area contributed by atoms with Crippen LogP contribution in [0.4, 0.5) is 11.5 Å². The Morgan fingerprint density at radius 3 is 2.68 bits per heavy atom. The van der Waals surface area contributed by atoms with Crippen LogP contribution < -0.4 is 10.5 Å². The second kappa shape index (κ2) is 5.57. The highest BCUT2D eigenvalue weighted by atomic mass is 127. The van der Waals surface area contributed by atoms with Crippen LogP contribution in [0.15, 0.2) is 35.4 Å². The molecule has 0 spiro atoms. The summed E-state index contributed by atoms with van der Waals surface area (Å²) in [7, 11) is -3.82. The Hall–Kier alpha value is -0.970. The minimum absolute atomic E-state index is 0.0134. The van der Waals surface area contributed by atoms with Gasteiger partial charge in [0.25, 0.3) is 0 Å². The van der Waals surface area contributed by atoms with Gasteiger partial charge in [-0.3, -0.25) is 0 Å². The molecule has 0 saturated heterocycles. The molecule has 2 aromatic rings. The number of nitrogens with two attached hydrogens (primary N) is 1. The van der Waals surface area contributed by atoms with Crippen LogP contribution >= 0.6 is 34.2 Å². The molecule has 0 fully saturated rings. The fourth-order valence-electron chi connectivity index (χ4n) is 1.38. The average molecular weight is 411 g/mol. The Balaban J connectivity index is 2.47. The number of nitrogens with zero attached hydrogens (tertiary/aromatic N) is 2. The van der Waals surface area contributed by atoms with Gasteiger partial charge < -0.3 is 5.32 Å². The summed E-state index contributed by atoms with van der Waals surface area (Å²) in [6, 6.07) is 6.27. The molecule has 100 valence electrons. The number of halogens is 2. The van der Waals surface area contributed by atoms with Crippen molar-refractivity contribution in [2.45, 2.75) is 4.90 Å². The number of aromatic nitrogens is 2. The molecular weight excluding hydrogens is 403 g/mol. The van der Waals surface area contributed by atoms with Gasteiger partial charge in [0.05, 0.1) is 9.26 Å². The third-order valence-corrected chi connectivity index (χ3v) is 4.10. The Morgan fingerprint density at radius 2 is 2.00 bits per heavy atom. The van der Waals surface area contributed by atoms with Crippen LogP contribution in [0.3, 0.4) is 0 Å². The fraction of sp³-hybridized carbons (Fsp3) is 0. The average Bonchev–Trinajstić information content (AvgIpc) is 2.33. The van der Waals surface area contributed by atoms with Crippen LogP contribution in [0.2, 0.25) is 5.28 Å². The van der Waals surface area contributed by atoms with E-state index in [1.54, 1.807) is 18.2 Å². The van der Waals surface area contributed by atoms with Crippen molar-refractivity contribution in [1.29, 1.82) is 0 Å². The van der Waals surface area contributed by atoms with Crippen molar-refractivity contribution in [3.8, 4) is 0 Å². The van der Waals surface area contributed by atoms with Gasteiger partial charge in [-0.15, -0.1) is 0 Å². The topological polar surface area (TPSA) is 98.0 Å². The molecule has 0 aliphatic rings. The summed E-state index contributed by atoms with van der Waals surface area (Å²) in [5, 5.41) is 8.10. The van der Waals surface area contributed by atoms with Gasteiger partial charge in [0.2, 0.25) is 15.3 Å². The highest BCUT2D eigenvalue weighted by molar-refractivity contribution is 14.1. The summed E-state index contributed by atoms with van der Waals surface area (Å²) in [5.41, 5.74) is 0.331. The van der Waals surface area contributed by atoms with Crippen molar-refractivity contribution in [2.24, 2.45) is 5.14 Å². The zero-order valence-electron chi connectivity index (χ0n) is 9.34. The molecule has 6 nitrogen and oxygen atoms in total.